The van der Waals surface area contributed by atoms with Crippen LogP contribution in [-0.4, -0.2) is 39.7 Å². The molecule has 0 aliphatic carbocycles. The van der Waals surface area contributed by atoms with Crippen LogP contribution < -0.4 is 10.6 Å². The van der Waals surface area contributed by atoms with Gasteiger partial charge in [0.05, 0.1) is 17.8 Å². The number of rotatable bonds is 5. The third kappa shape index (κ3) is 3.93. The fraction of sp³-hybridized carbons (Fsp3) is 0.182. The lowest BCUT2D eigenvalue weighted by atomic mass is 9.89. The molecule has 4 rings (SSSR count). The average Bonchev–Trinajstić information content (AvgIpc) is 3.27. The van der Waals surface area contributed by atoms with Gasteiger partial charge in [0, 0.05) is 24.5 Å². The number of aromatic nitrogens is 2. The minimum absolute atomic E-state index is 0.242. The largest absolute Gasteiger partial charge is 0.445 e. The van der Waals surface area contributed by atoms with Crippen LogP contribution >= 0.6 is 0 Å². The number of anilines is 1. The van der Waals surface area contributed by atoms with Gasteiger partial charge >= 0.3 is 5.97 Å². The second-order valence-corrected chi connectivity index (χ2v) is 7.18. The molecule has 2 aromatic carbocycles. The first-order chi connectivity index (χ1) is 14.4. The lowest BCUT2D eigenvalue weighted by molar-refractivity contribution is -0.140. The van der Waals surface area contributed by atoms with E-state index in [0.29, 0.717) is 11.3 Å². The Balaban J connectivity index is 1.34. The van der Waals surface area contributed by atoms with Gasteiger partial charge in [-0.1, -0.05) is 18.2 Å². The predicted octanol–water partition coefficient (Wildman–Crippen LogP) is 2.10. The Hall–Kier alpha value is -3.94. The van der Waals surface area contributed by atoms with Gasteiger partial charge in [-0.15, -0.1) is 0 Å². The molecule has 2 amide bonds. The van der Waals surface area contributed by atoms with Crippen molar-refractivity contribution in [2.24, 2.45) is 0 Å². The second-order valence-electron chi connectivity index (χ2n) is 7.18. The molecule has 0 spiro atoms. The molecule has 0 radical (unpaired) electrons. The number of esters is 1. The zero-order chi connectivity index (χ0) is 21.1. The van der Waals surface area contributed by atoms with Crippen LogP contribution in [0.1, 0.15) is 22.8 Å². The number of carbonyl (C=O) groups is 3. The average molecular weight is 404 g/mol. The van der Waals surface area contributed by atoms with Gasteiger partial charge in [0.25, 0.3) is 5.91 Å². The van der Waals surface area contributed by atoms with Gasteiger partial charge in [0.2, 0.25) is 5.91 Å². The van der Waals surface area contributed by atoms with Crippen molar-refractivity contribution in [1.82, 2.24) is 15.1 Å². The summed E-state index contributed by atoms with van der Waals surface area (Å²) in [6.07, 6.45) is 3.75. The van der Waals surface area contributed by atoms with Crippen molar-refractivity contribution in [3.05, 3.63) is 78.1 Å². The molecule has 8 heteroatoms. The Morgan fingerprint density at radius 2 is 1.90 bits per heavy atom. The molecule has 0 saturated carbocycles. The van der Waals surface area contributed by atoms with E-state index in [9.17, 15) is 14.4 Å². The van der Waals surface area contributed by atoms with Gasteiger partial charge in [0.1, 0.15) is 0 Å². The van der Waals surface area contributed by atoms with E-state index in [1.807, 2.05) is 24.4 Å². The third-order valence-electron chi connectivity index (χ3n) is 4.89. The lowest BCUT2D eigenvalue weighted by Crippen LogP contribution is -2.52. The SMILES string of the molecule is CC1(C(=O)NCC(=O)Nc2ccc(-n3cccn3)cc2)Cc2ccccc2C(=O)O1. The minimum Gasteiger partial charge on any atom is -0.445 e. The van der Waals surface area contributed by atoms with Crippen molar-refractivity contribution in [3.63, 3.8) is 0 Å². The smallest absolute Gasteiger partial charge is 0.339 e. The van der Waals surface area contributed by atoms with E-state index in [1.54, 1.807) is 54.2 Å². The molecule has 3 aromatic rings. The van der Waals surface area contributed by atoms with Gasteiger partial charge in [-0.05, 0) is 48.9 Å². The van der Waals surface area contributed by atoms with E-state index in [4.69, 9.17) is 4.74 Å². The van der Waals surface area contributed by atoms with E-state index in [-0.39, 0.29) is 18.9 Å². The molecule has 0 fully saturated rings. The number of nitrogens with zero attached hydrogens (tertiary/aromatic N) is 2. The topological polar surface area (TPSA) is 102 Å². The summed E-state index contributed by atoms with van der Waals surface area (Å²) >= 11 is 0. The van der Waals surface area contributed by atoms with Crippen molar-refractivity contribution in [2.45, 2.75) is 18.9 Å². The van der Waals surface area contributed by atoms with Crippen molar-refractivity contribution in [3.8, 4) is 5.69 Å². The molecule has 8 nitrogen and oxygen atoms in total. The Kier molecular flexibility index (Phi) is 5.05. The molecule has 1 unspecified atom stereocenters. The Morgan fingerprint density at radius 1 is 1.13 bits per heavy atom. The third-order valence-corrected chi connectivity index (χ3v) is 4.89. The van der Waals surface area contributed by atoms with Crippen LogP contribution in [0, 0.1) is 0 Å². The summed E-state index contributed by atoms with van der Waals surface area (Å²) in [5.74, 6) is -1.45. The number of hydrogen-bond donors (Lipinski definition) is 2. The number of hydrogen-bond acceptors (Lipinski definition) is 5. The Labute approximate surface area is 172 Å². The van der Waals surface area contributed by atoms with Crippen LogP contribution in [0.25, 0.3) is 5.69 Å². The van der Waals surface area contributed by atoms with Crippen LogP contribution in [0.4, 0.5) is 5.69 Å². The number of ether oxygens (including phenoxy) is 1. The van der Waals surface area contributed by atoms with Gasteiger partial charge in [0.15, 0.2) is 5.60 Å². The van der Waals surface area contributed by atoms with Crippen LogP contribution in [0.5, 0.6) is 0 Å². The van der Waals surface area contributed by atoms with E-state index in [2.05, 4.69) is 15.7 Å². The number of cyclic esters (lactones) is 1. The highest BCUT2D eigenvalue weighted by Gasteiger charge is 2.42. The number of benzene rings is 2. The maximum atomic E-state index is 12.6. The number of fused-ring (bicyclic) bond motifs is 1. The fourth-order valence-corrected chi connectivity index (χ4v) is 3.33. The molecule has 30 heavy (non-hydrogen) atoms. The van der Waals surface area contributed by atoms with Crippen LogP contribution in [0.2, 0.25) is 0 Å². The summed E-state index contributed by atoms with van der Waals surface area (Å²) in [5.41, 5.74) is 1.29. The maximum Gasteiger partial charge on any atom is 0.339 e. The highest BCUT2D eigenvalue weighted by Crippen LogP contribution is 2.28. The van der Waals surface area contributed by atoms with Gasteiger partial charge in [-0.3, -0.25) is 9.59 Å². The van der Waals surface area contributed by atoms with Gasteiger partial charge in [-0.25, -0.2) is 9.48 Å². The molecule has 0 bridgehead atoms. The number of carbonyl (C=O) groups excluding carboxylic acids is 3. The van der Waals surface area contributed by atoms with Crippen LogP contribution in [0.15, 0.2) is 67.0 Å². The van der Waals surface area contributed by atoms with Crippen molar-refractivity contribution in [1.29, 1.82) is 0 Å². The molecular weight excluding hydrogens is 384 g/mol. The number of amides is 2. The summed E-state index contributed by atoms with van der Waals surface area (Å²) in [5, 5.41) is 9.42. The maximum absolute atomic E-state index is 12.6. The highest BCUT2D eigenvalue weighted by atomic mass is 16.6. The molecule has 152 valence electrons. The second kappa shape index (κ2) is 7.82. The lowest BCUT2D eigenvalue weighted by Gasteiger charge is -2.32. The molecule has 1 aromatic heterocycles. The van der Waals surface area contributed by atoms with E-state index < -0.39 is 17.5 Å². The van der Waals surface area contributed by atoms with E-state index in [0.717, 1.165) is 11.3 Å². The summed E-state index contributed by atoms with van der Waals surface area (Å²) in [6.45, 7) is 1.30. The Morgan fingerprint density at radius 3 is 2.63 bits per heavy atom. The van der Waals surface area contributed by atoms with E-state index in [1.165, 1.54) is 0 Å². The standard InChI is InChI=1S/C22H20N4O4/c1-22(13-15-5-2-3-6-18(15)20(28)30-22)21(29)23-14-19(27)25-16-7-9-17(10-8-16)26-12-4-11-24-26/h2-12H,13-14H2,1H3,(H,23,29)(H,25,27). The van der Waals surface area contributed by atoms with E-state index >= 15 is 0 Å². The summed E-state index contributed by atoms with van der Waals surface area (Å²) in [7, 11) is 0. The highest BCUT2D eigenvalue weighted by molar-refractivity contribution is 5.99. The number of nitrogens with one attached hydrogen (secondary N) is 2. The summed E-state index contributed by atoms with van der Waals surface area (Å²) in [4.78, 5) is 37.1. The van der Waals surface area contributed by atoms with Gasteiger partial charge in [-0.2, -0.15) is 5.10 Å². The molecule has 2 heterocycles. The molecule has 1 atom stereocenters. The first kappa shape index (κ1) is 19.4. The normalized spacial score (nSPS) is 17.6. The summed E-state index contributed by atoms with van der Waals surface area (Å²) in [6, 6.07) is 16.0. The van der Waals surface area contributed by atoms with Crippen LogP contribution in [-0.2, 0) is 20.7 Å². The monoisotopic (exact) mass is 404 g/mol. The molecule has 0 saturated heterocycles. The van der Waals surface area contributed by atoms with Crippen molar-refractivity contribution in [2.75, 3.05) is 11.9 Å². The Bertz CT molecular complexity index is 1090. The molecule has 2 N–H and O–H groups in total. The minimum atomic E-state index is -1.36. The fourth-order valence-electron chi connectivity index (χ4n) is 3.33. The molecular formula is C22H20N4O4. The van der Waals surface area contributed by atoms with Crippen LogP contribution in [0.3, 0.4) is 0 Å². The zero-order valence-electron chi connectivity index (χ0n) is 16.3. The molecule has 1 aliphatic heterocycles. The zero-order valence-corrected chi connectivity index (χ0v) is 16.3. The first-order valence-corrected chi connectivity index (χ1v) is 9.44. The van der Waals surface area contributed by atoms with Crippen molar-refractivity contribution < 1.29 is 19.1 Å². The van der Waals surface area contributed by atoms with Crippen molar-refractivity contribution >= 4 is 23.5 Å². The summed E-state index contributed by atoms with van der Waals surface area (Å²) < 4.78 is 7.07. The molecule has 1 aliphatic rings. The first-order valence-electron chi connectivity index (χ1n) is 9.44. The quantitative estimate of drug-likeness (QED) is 0.634. The van der Waals surface area contributed by atoms with Gasteiger partial charge < -0.3 is 15.4 Å². The predicted molar refractivity (Wildman–Crippen MR) is 109 cm³/mol.